The maximum absolute atomic E-state index is 11.2. The monoisotopic (exact) mass is 288 g/mol. The van der Waals surface area contributed by atoms with Crippen molar-refractivity contribution in [3.8, 4) is 0 Å². The van der Waals surface area contributed by atoms with Crippen molar-refractivity contribution < 1.29 is 9.73 Å². The van der Waals surface area contributed by atoms with Crippen LogP contribution in [0.25, 0.3) is 0 Å². The van der Waals surface area contributed by atoms with E-state index in [1.165, 1.54) is 18.2 Å². The number of hydrogen-bond acceptors (Lipinski definition) is 3. The van der Waals surface area contributed by atoms with Gasteiger partial charge in [0.15, 0.2) is 0 Å². The van der Waals surface area contributed by atoms with Crippen molar-refractivity contribution in [1.29, 1.82) is 0 Å². The van der Waals surface area contributed by atoms with Gasteiger partial charge in [-0.1, -0.05) is 41.3 Å². The van der Waals surface area contributed by atoms with Crippen LogP contribution in [0.4, 0.5) is 0 Å². The first-order valence-electron chi connectivity index (χ1n) is 5.49. The molecule has 1 aromatic rings. The molecule has 0 aromatic heterocycles. The summed E-state index contributed by atoms with van der Waals surface area (Å²) in [4.78, 5) is 16.2. The molecule has 1 aromatic carbocycles. The van der Waals surface area contributed by atoms with Crippen LogP contribution in [0.2, 0.25) is 10.0 Å². The van der Waals surface area contributed by atoms with Crippen molar-refractivity contribution in [2.45, 2.75) is 20.3 Å². The summed E-state index contributed by atoms with van der Waals surface area (Å²) < 4.78 is 0. The Balaban J connectivity index is 2.72. The molecule has 4 nitrogen and oxygen atoms in total. The predicted molar refractivity (Wildman–Crippen MR) is 72.8 cm³/mol. The second-order valence-electron chi connectivity index (χ2n) is 3.57. The summed E-state index contributed by atoms with van der Waals surface area (Å²) in [6.07, 6.45) is 2.16. The Hall–Kier alpha value is -1.26. The molecule has 0 fully saturated rings. The number of oxime groups is 1. The van der Waals surface area contributed by atoms with Crippen molar-refractivity contribution in [3.63, 3.8) is 0 Å². The Bertz CT molecular complexity index is 429. The SMILES string of the molecule is CCCN(ON=Cc1c(Cl)cccc1Cl)C(C)=O. The minimum atomic E-state index is -0.209. The molecule has 0 N–H and O–H groups in total. The Morgan fingerprint density at radius 3 is 2.56 bits per heavy atom. The van der Waals surface area contributed by atoms with Crippen molar-refractivity contribution in [1.82, 2.24) is 5.06 Å². The number of rotatable bonds is 5. The second kappa shape index (κ2) is 7.24. The highest BCUT2D eigenvalue weighted by Crippen LogP contribution is 2.22. The molecule has 1 amide bonds. The average molecular weight is 289 g/mol. The fourth-order valence-electron chi connectivity index (χ4n) is 1.23. The normalized spacial score (nSPS) is 10.7. The smallest absolute Gasteiger partial charge is 0.254 e. The van der Waals surface area contributed by atoms with Crippen LogP contribution in [0.1, 0.15) is 25.8 Å². The molecule has 0 radical (unpaired) electrons. The third kappa shape index (κ3) is 4.20. The van der Waals surface area contributed by atoms with Gasteiger partial charge >= 0.3 is 0 Å². The fraction of sp³-hybridized carbons (Fsp3) is 0.333. The van der Waals surface area contributed by atoms with Gasteiger partial charge < -0.3 is 0 Å². The number of hydroxylamine groups is 2. The Kier molecular flexibility index (Phi) is 5.95. The van der Waals surface area contributed by atoms with Crippen LogP contribution >= 0.6 is 23.2 Å². The van der Waals surface area contributed by atoms with E-state index in [-0.39, 0.29) is 5.91 Å². The van der Waals surface area contributed by atoms with Gasteiger partial charge in [0.25, 0.3) is 5.91 Å². The molecule has 0 bridgehead atoms. The molecule has 0 heterocycles. The zero-order chi connectivity index (χ0) is 13.5. The van der Waals surface area contributed by atoms with E-state index in [9.17, 15) is 4.79 Å². The van der Waals surface area contributed by atoms with Crippen LogP contribution < -0.4 is 0 Å². The van der Waals surface area contributed by atoms with Crippen LogP contribution in [0.15, 0.2) is 23.4 Å². The van der Waals surface area contributed by atoms with Crippen LogP contribution in [0.3, 0.4) is 0 Å². The van der Waals surface area contributed by atoms with Crippen molar-refractivity contribution in [2.75, 3.05) is 6.54 Å². The molecule has 18 heavy (non-hydrogen) atoms. The molecule has 0 spiro atoms. The van der Waals surface area contributed by atoms with Gasteiger partial charge in [0.2, 0.25) is 0 Å². The maximum atomic E-state index is 11.2. The predicted octanol–water partition coefficient (Wildman–Crippen LogP) is 3.52. The molecule has 0 aliphatic carbocycles. The van der Waals surface area contributed by atoms with Gasteiger partial charge in [-0.2, -0.15) is 5.06 Å². The number of hydrogen-bond donors (Lipinski definition) is 0. The highest BCUT2D eigenvalue weighted by atomic mass is 35.5. The summed E-state index contributed by atoms with van der Waals surface area (Å²) >= 11 is 11.9. The van der Waals surface area contributed by atoms with Crippen molar-refractivity contribution in [2.24, 2.45) is 5.16 Å². The molecule has 1 rings (SSSR count). The van der Waals surface area contributed by atoms with Crippen molar-refractivity contribution >= 4 is 35.3 Å². The van der Waals surface area contributed by atoms with Gasteiger partial charge in [-0.3, -0.25) is 9.73 Å². The molecule has 0 saturated carbocycles. The average Bonchev–Trinajstić information content (AvgIpc) is 2.31. The fourth-order valence-corrected chi connectivity index (χ4v) is 1.72. The van der Waals surface area contributed by atoms with Crippen LogP contribution in [-0.2, 0) is 9.73 Å². The topological polar surface area (TPSA) is 41.9 Å². The van der Waals surface area contributed by atoms with Gasteiger partial charge in [0.05, 0.1) is 22.8 Å². The highest BCUT2D eigenvalue weighted by Gasteiger charge is 2.08. The standard InChI is InChI=1S/C12H14Cl2N2O2/c1-3-7-16(9(2)17)18-15-8-10-11(13)5-4-6-12(10)14/h4-6,8H,3,7H2,1-2H3. The largest absolute Gasteiger partial charge is 0.272 e. The number of carbonyl (C=O) groups excluding carboxylic acids is 1. The first-order valence-corrected chi connectivity index (χ1v) is 6.24. The summed E-state index contributed by atoms with van der Waals surface area (Å²) in [6.45, 7) is 3.82. The Labute approximate surface area is 116 Å². The molecule has 0 atom stereocenters. The number of carbonyl (C=O) groups is 1. The van der Waals surface area contributed by atoms with E-state index in [2.05, 4.69) is 5.16 Å². The molecular formula is C12H14Cl2N2O2. The van der Waals surface area contributed by atoms with Crippen LogP contribution in [0, 0.1) is 0 Å². The van der Waals surface area contributed by atoms with E-state index in [0.29, 0.717) is 22.2 Å². The maximum Gasteiger partial charge on any atom is 0.254 e. The molecule has 6 heteroatoms. The molecular weight excluding hydrogens is 275 g/mol. The molecule has 0 saturated heterocycles. The number of benzene rings is 1. The van der Waals surface area contributed by atoms with Gasteiger partial charge in [-0.15, -0.1) is 0 Å². The van der Waals surface area contributed by atoms with Gasteiger partial charge in [0.1, 0.15) is 0 Å². The summed E-state index contributed by atoms with van der Waals surface area (Å²) in [7, 11) is 0. The molecule has 0 aliphatic heterocycles. The first kappa shape index (κ1) is 14.8. The lowest BCUT2D eigenvalue weighted by Crippen LogP contribution is -2.27. The molecule has 98 valence electrons. The zero-order valence-electron chi connectivity index (χ0n) is 10.2. The van der Waals surface area contributed by atoms with Crippen LogP contribution in [-0.4, -0.2) is 23.7 Å². The number of amides is 1. The summed E-state index contributed by atoms with van der Waals surface area (Å²) in [5.41, 5.74) is 0.556. The number of nitrogens with zero attached hydrogens (tertiary/aromatic N) is 2. The first-order chi connectivity index (χ1) is 8.56. The highest BCUT2D eigenvalue weighted by molar-refractivity contribution is 6.38. The second-order valence-corrected chi connectivity index (χ2v) is 4.39. The lowest BCUT2D eigenvalue weighted by atomic mass is 10.2. The third-order valence-corrected chi connectivity index (χ3v) is 2.76. The van der Waals surface area contributed by atoms with E-state index in [0.717, 1.165) is 6.42 Å². The quantitative estimate of drug-likeness (QED) is 0.614. The third-order valence-electron chi connectivity index (χ3n) is 2.11. The van der Waals surface area contributed by atoms with Gasteiger partial charge in [-0.25, -0.2) is 0 Å². The minimum Gasteiger partial charge on any atom is -0.272 e. The van der Waals surface area contributed by atoms with E-state index in [1.807, 2.05) is 6.92 Å². The lowest BCUT2D eigenvalue weighted by molar-refractivity contribution is -0.184. The summed E-state index contributed by atoms with van der Waals surface area (Å²) in [6, 6.07) is 5.13. The van der Waals surface area contributed by atoms with E-state index >= 15 is 0 Å². The molecule has 0 aliphatic rings. The van der Waals surface area contributed by atoms with Gasteiger partial charge in [0, 0.05) is 12.5 Å². The summed E-state index contributed by atoms with van der Waals surface area (Å²) in [5, 5.41) is 5.83. The Morgan fingerprint density at radius 1 is 1.44 bits per heavy atom. The molecule has 0 unspecified atom stereocenters. The number of halogens is 2. The van der Waals surface area contributed by atoms with Crippen molar-refractivity contribution in [3.05, 3.63) is 33.8 Å². The summed E-state index contributed by atoms with van der Waals surface area (Å²) in [5.74, 6) is -0.209. The minimum absolute atomic E-state index is 0.209. The Morgan fingerprint density at radius 2 is 2.06 bits per heavy atom. The van der Waals surface area contributed by atoms with E-state index < -0.39 is 0 Å². The van der Waals surface area contributed by atoms with Crippen LogP contribution in [0.5, 0.6) is 0 Å². The zero-order valence-corrected chi connectivity index (χ0v) is 11.7. The van der Waals surface area contributed by atoms with Gasteiger partial charge in [-0.05, 0) is 18.6 Å². The van der Waals surface area contributed by atoms with E-state index in [4.69, 9.17) is 28.1 Å². The lowest BCUT2D eigenvalue weighted by Gasteiger charge is -2.15. The van der Waals surface area contributed by atoms with E-state index in [1.54, 1.807) is 18.2 Å².